The van der Waals surface area contributed by atoms with Crippen molar-refractivity contribution < 1.29 is 4.79 Å². The molecule has 118 valence electrons. The summed E-state index contributed by atoms with van der Waals surface area (Å²) in [6.45, 7) is 15.7. The molecule has 20 heavy (non-hydrogen) atoms. The Morgan fingerprint density at radius 2 is 2.00 bits per heavy atom. The SMILES string of the molecule is CC(C)N(CC1CCCNC1)C(C)C(=O)NC(C)(C)C. The van der Waals surface area contributed by atoms with Gasteiger partial charge in [-0.3, -0.25) is 9.69 Å². The van der Waals surface area contributed by atoms with Gasteiger partial charge in [-0.05, 0) is 73.4 Å². The van der Waals surface area contributed by atoms with E-state index in [4.69, 9.17) is 0 Å². The van der Waals surface area contributed by atoms with E-state index in [1.165, 1.54) is 12.8 Å². The Kier molecular flexibility index (Phi) is 6.46. The van der Waals surface area contributed by atoms with Crippen molar-refractivity contribution in [3.63, 3.8) is 0 Å². The van der Waals surface area contributed by atoms with Crippen LogP contribution >= 0.6 is 0 Å². The van der Waals surface area contributed by atoms with Crippen LogP contribution in [0.2, 0.25) is 0 Å². The van der Waals surface area contributed by atoms with Gasteiger partial charge in [0.15, 0.2) is 0 Å². The maximum absolute atomic E-state index is 12.4. The molecule has 0 saturated carbocycles. The van der Waals surface area contributed by atoms with Gasteiger partial charge in [-0.25, -0.2) is 0 Å². The van der Waals surface area contributed by atoms with Crippen molar-refractivity contribution in [3.8, 4) is 0 Å². The first kappa shape index (κ1) is 17.4. The number of carbonyl (C=O) groups excluding carboxylic acids is 1. The average molecular weight is 283 g/mol. The first-order valence-corrected chi connectivity index (χ1v) is 7.99. The highest BCUT2D eigenvalue weighted by molar-refractivity contribution is 5.82. The molecule has 1 fully saturated rings. The number of nitrogens with one attached hydrogen (secondary N) is 2. The molecule has 0 aromatic rings. The Hall–Kier alpha value is -0.610. The smallest absolute Gasteiger partial charge is 0.237 e. The molecule has 2 N–H and O–H groups in total. The molecule has 1 aliphatic rings. The normalized spacial score (nSPS) is 22.1. The second-order valence-electron chi connectivity index (χ2n) is 7.42. The molecular weight excluding hydrogens is 250 g/mol. The zero-order chi connectivity index (χ0) is 15.3. The molecule has 2 atom stereocenters. The van der Waals surface area contributed by atoms with Crippen LogP contribution < -0.4 is 10.6 Å². The Morgan fingerprint density at radius 3 is 2.45 bits per heavy atom. The van der Waals surface area contributed by atoms with Crippen LogP contribution in [0.15, 0.2) is 0 Å². The van der Waals surface area contributed by atoms with Gasteiger partial charge in [-0.2, -0.15) is 0 Å². The van der Waals surface area contributed by atoms with E-state index >= 15 is 0 Å². The number of amides is 1. The monoisotopic (exact) mass is 283 g/mol. The lowest BCUT2D eigenvalue weighted by molar-refractivity contribution is -0.128. The zero-order valence-electron chi connectivity index (χ0n) is 14.1. The summed E-state index contributed by atoms with van der Waals surface area (Å²) in [5, 5.41) is 6.55. The Balaban J connectivity index is 2.61. The maximum atomic E-state index is 12.4. The lowest BCUT2D eigenvalue weighted by Gasteiger charge is -2.37. The summed E-state index contributed by atoms with van der Waals surface area (Å²) in [5.41, 5.74) is -0.166. The van der Waals surface area contributed by atoms with Crippen LogP contribution in [-0.2, 0) is 4.79 Å². The highest BCUT2D eigenvalue weighted by Gasteiger charge is 2.28. The molecule has 1 heterocycles. The molecule has 1 rings (SSSR count). The first-order chi connectivity index (χ1) is 9.20. The third kappa shape index (κ3) is 5.80. The van der Waals surface area contributed by atoms with Crippen molar-refractivity contribution in [3.05, 3.63) is 0 Å². The van der Waals surface area contributed by atoms with E-state index in [2.05, 4.69) is 29.4 Å². The summed E-state index contributed by atoms with van der Waals surface area (Å²) in [7, 11) is 0. The standard InChI is InChI=1S/C16H33N3O/c1-12(2)19(11-14-8-7-9-17-10-14)13(3)15(20)18-16(4,5)6/h12-14,17H,7-11H2,1-6H3,(H,18,20). The van der Waals surface area contributed by atoms with Crippen LogP contribution in [0.1, 0.15) is 54.4 Å². The molecule has 2 unspecified atom stereocenters. The summed E-state index contributed by atoms with van der Waals surface area (Å²) in [4.78, 5) is 14.7. The Bertz CT molecular complexity index is 303. The molecule has 0 bridgehead atoms. The van der Waals surface area contributed by atoms with Crippen LogP contribution in [0.3, 0.4) is 0 Å². The fourth-order valence-electron chi connectivity index (χ4n) is 2.82. The van der Waals surface area contributed by atoms with Gasteiger partial charge in [0.05, 0.1) is 6.04 Å². The lowest BCUT2D eigenvalue weighted by Crippen LogP contribution is -2.54. The van der Waals surface area contributed by atoms with Crippen LogP contribution in [-0.4, -0.2) is 48.1 Å². The van der Waals surface area contributed by atoms with Gasteiger partial charge in [0.1, 0.15) is 0 Å². The van der Waals surface area contributed by atoms with Gasteiger partial charge < -0.3 is 10.6 Å². The number of hydrogen-bond donors (Lipinski definition) is 2. The Labute approximate surface area is 124 Å². The molecule has 0 aliphatic carbocycles. The topological polar surface area (TPSA) is 44.4 Å². The fourth-order valence-corrected chi connectivity index (χ4v) is 2.82. The van der Waals surface area contributed by atoms with Crippen molar-refractivity contribution in [1.29, 1.82) is 0 Å². The lowest BCUT2D eigenvalue weighted by atomic mass is 9.97. The van der Waals surface area contributed by atoms with Crippen molar-refractivity contribution in [2.75, 3.05) is 19.6 Å². The summed E-state index contributed by atoms with van der Waals surface area (Å²) in [5.74, 6) is 0.797. The predicted octanol–water partition coefficient (Wildman–Crippen LogP) is 2.00. The molecule has 0 radical (unpaired) electrons. The predicted molar refractivity (Wildman–Crippen MR) is 84.8 cm³/mol. The third-order valence-corrected chi connectivity index (χ3v) is 3.91. The van der Waals surface area contributed by atoms with Gasteiger partial charge in [-0.15, -0.1) is 0 Å². The van der Waals surface area contributed by atoms with E-state index in [9.17, 15) is 4.79 Å². The van der Waals surface area contributed by atoms with Crippen LogP contribution in [0.25, 0.3) is 0 Å². The van der Waals surface area contributed by atoms with Gasteiger partial charge >= 0.3 is 0 Å². The molecule has 0 aromatic heterocycles. The van der Waals surface area contributed by atoms with Crippen molar-refractivity contribution in [2.24, 2.45) is 5.92 Å². The van der Waals surface area contributed by atoms with E-state index in [-0.39, 0.29) is 17.5 Å². The number of piperidine rings is 1. The Morgan fingerprint density at radius 1 is 1.35 bits per heavy atom. The fraction of sp³-hybridized carbons (Fsp3) is 0.938. The van der Waals surface area contributed by atoms with Crippen molar-refractivity contribution in [2.45, 2.75) is 72.0 Å². The van der Waals surface area contributed by atoms with E-state index in [0.717, 1.165) is 19.6 Å². The average Bonchev–Trinajstić information content (AvgIpc) is 2.34. The second kappa shape index (κ2) is 7.41. The van der Waals surface area contributed by atoms with E-state index in [1.807, 2.05) is 27.7 Å². The molecule has 4 nitrogen and oxygen atoms in total. The molecular formula is C16H33N3O. The van der Waals surface area contributed by atoms with Gasteiger partial charge in [0.25, 0.3) is 0 Å². The third-order valence-electron chi connectivity index (χ3n) is 3.91. The zero-order valence-corrected chi connectivity index (χ0v) is 14.1. The van der Waals surface area contributed by atoms with Gasteiger partial charge in [-0.1, -0.05) is 0 Å². The van der Waals surface area contributed by atoms with E-state index in [0.29, 0.717) is 12.0 Å². The van der Waals surface area contributed by atoms with Crippen LogP contribution in [0.5, 0.6) is 0 Å². The van der Waals surface area contributed by atoms with Crippen LogP contribution in [0, 0.1) is 5.92 Å². The minimum absolute atomic E-state index is 0.0730. The molecule has 1 saturated heterocycles. The summed E-state index contributed by atoms with van der Waals surface area (Å²) >= 11 is 0. The second-order valence-corrected chi connectivity index (χ2v) is 7.42. The maximum Gasteiger partial charge on any atom is 0.237 e. The van der Waals surface area contributed by atoms with Gasteiger partial charge in [0, 0.05) is 18.1 Å². The van der Waals surface area contributed by atoms with E-state index in [1.54, 1.807) is 0 Å². The van der Waals surface area contributed by atoms with Crippen molar-refractivity contribution in [1.82, 2.24) is 15.5 Å². The molecule has 1 aliphatic heterocycles. The highest BCUT2D eigenvalue weighted by atomic mass is 16.2. The number of hydrogen-bond acceptors (Lipinski definition) is 3. The van der Waals surface area contributed by atoms with Crippen molar-refractivity contribution >= 4 is 5.91 Å². The molecule has 0 spiro atoms. The number of nitrogens with zero attached hydrogens (tertiary/aromatic N) is 1. The molecule has 0 aromatic carbocycles. The minimum Gasteiger partial charge on any atom is -0.350 e. The summed E-state index contributed by atoms with van der Waals surface area (Å²) < 4.78 is 0. The molecule has 4 heteroatoms. The largest absolute Gasteiger partial charge is 0.350 e. The van der Waals surface area contributed by atoms with Crippen LogP contribution in [0.4, 0.5) is 0 Å². The summed E-state index contributed by atoms with van der Waals surface area (Å²) in [6.07, 6.45) is 2.52. The van der Waals surface area contributed by atoms with Gasteiger partial charge in [0.2, 0.25) is 5.91 Å². The highest BCUT2D eigenvalue weighted by Crippen LogP contribution is 2.16. The number of rotatable bonds is 5. The van der Waals surface area contributed by atoms with E-state index < -0.39 is 0 Å². The quantitative estimate of drug-likeness (QED) is 0.811. The minimum atomic E-state index is -0.166. The first-order valence-electron chi connectivity index (χ1n) is 7.99. The molecule has 1 amide bonds. The summed E-state index contributed by atoms with van der Waals surface area (Å²) in [6, 6.07) is 0.314. The number of carbonyl (C=O) groups is 1.